The van der Waals surface area contributed by atoms with Gasteiger partial charge in [0.05, 0.1) is 13.7 Å². The lowest BCUT2D eigenvalue weighted by atomic mass is 10.1. The van der Waals surface area contributed by atoms with Crippen molar-refractivity contribution in [3.8, 4) is 0 Å². The Kier molecular flexibility index (Phi) is 7.92. The van der Waals surface area contributed by atoms with Crippen LogP contribution in [0.15, 0.2) is 40.6 Å². The summed E-state index contributed by atoms with van der Waals surface area (Å²) < 4.78 is 111. The van der Waals surface area contributed by atoms with Crippen LogP contribution < -0.4 is 15.8 Å². The number of imidazole rings is 1. The minimum atomic E-state index is -5.70. The summed E-state index contributed by atoms with van der Waals surface area (Å²) >= 11 is 0. The maximum absolute atomic E-state index is 12.9. The monoisotopic (exact) mass is 581 g/mol. The second-order valence-corrected chi connectivity index (χ2v) is 9.26. The van der Waals surface area contributed by atoms with E-state index >= 15 is 0 Å². The zero-order valence-electron chi connectivity index (χ0n) is 18.6. The summed E-state index contributed by atoms with van der Waals surface area (Å²) in [5.74, 6) is -5.92. The Hall–Kier alpha value is -3.48. The van der Waals surface area contributed by atoms with E-state index in [-0.39, 0.29) is 0 Å². The zero-order valence-corrected chi connectivity index (χ0v) is 19.5. The summed E-state index contributed by atoms with van der Waals surface area (Å²) in [7, 11) is -3.35. The predicted octanol–water partition coefficient (Wildman–Crippen LogP) is -0.327. The van der Waals surface area contributed by atoms with E-state index in [0.29, 0.717) is 21.2 Å². The molecule has 0 amide bonds. The third-order valence-corrected chi connectivity index (χ3v) is 6.12. The van der Waals surface area contributed by atoms with Crippen molar-refractivity contribution in [2.24, 2.45) is 7.05 Å². The van der Waals surface area contributed by atoms with E-state index in [2.05, 4.69) is 9.47 Å². The lowest BCUT2D eigenvalue weighted by Gasteiger charge is -2.25. The van der Waals surface area contributed by atoms with Crippen LogP contribution in [-0.2, 0) is 39.9 Å². The molecule has 1 aliphatic rings. The first-order chi connectivity index (χ1) is 17.4. The van der Waals surface area contributed by atoms with Crippen molar-refractivity contribution in [1.29, 1.82) is 0 Å². The molecular formula is C17H16F6N4O10P+. The highest BCUT2D eigenvalue weighted by Gasteiger charge is 2.56. The number of aromatic amines is 1. The molecule has 0 spiro atoms. The van der Waals surface area contributed by atoms with Crippen molar-refractivity contribution in [2.45, 2.75) is 36.9 Å². The molecule has 3 heterocycles. The number of carbonyl (C=O) groups is 2. The highest BCUT2D eigenvalue weighted by molar-refractivity contribution is 7.51. The smallest absolute Gasteiger partial charge is 0.449 e. The summed E-state index contributed by atoms with van der Waals surface area (Å²) in [4.78, 5) is 58.5. The fourth-order valence-electron chi connectivity index (χ4n) is 3.17. The first-order valence-corrected chi connectivity index (χ1v) is 11.5. The standard InChI is InChI=1S/C17H15F6N4O10P/c1-25-4-5-26(7-25)38(32,33)34-6-8-10(36-13(29)16(18,19)20)11(37-14(30)17(21,22)23)12(35-8)27-3-2-9(28)24-15(27)31/h2-5,7-8,10-12H,6H2,1H3,(H-,24,28,31,32,33)/p+1/t8-,10+,11?,12-/m1/s1. The van der Waals surface area contributed by atoms with Gasteiger partial charge in [0.25, 0.3) is 11.9 Å². The Morgan fingerprint density at radius 2 is 1.68 bits per heavy atom. The molecular weight excluding hydrogens is 565 g/mol. The highest BCUT2D eigenvalue weighted by atomic mass is 31.2. The van der Waals surface area contributed by atoms with E-state index in [0.717, 1.165) is 12.5 Å². The molecule has 210 valence electrons. The molecule has 14 nitrogen and oxygen atoms in total. The normalized spacial score (nSPS) is 23.6. The predicted molar refractivity (Wildman–Crippen MR) is 104 cm³/mol. The van der Waals surface area contributed by atoms with Crippen LogP contribution in [0.5, 0.6) is 0 Å². The number of aryl methyl sites for hydroxylation is 1. The number of aromatic nitrogens is 4. The van der Waals surface area contributed by atoms with Crippen LogP contribution in [0.1, 0.15) is 6.23 Å². The van der Waals surface area contributed by atoms with Gasteiger partial charge in [0.1, 0.15) is 18.5 Å². The molecule has 1 fully saturated rings. The van der Waals surface area contributed by atoms with Gasteiger partial charge in [0, 0.05) is 12.3 Å². The Morgan fingerprint density at radius 3 is 2.18 bits per heavy atom. The van der Waals surface area contributed by atoms with Gasteiger partial charge in [-0.1, -0.05) is 0 Å². The van der Waals surface area contributed by atoms with Crippen LogP contribution in [0.3, 0.4) is 0 Å². The van der Waals surface area contributed by atoms with E-state index in [1.54, 1.807) is 4.98 Å². The number of hydrogen-bond donors (Lipinski definition) is 2. The molecule has 0 aliphatic carbocycles. The van der Waals surface area contributed by atoms with Crippen molar-refractivity contribution in [1.82, 2.24) is 13.9 Å². The molecule has 2 aromatic rings. The van der Waals surface area contributed by atoms with Gasteiger partial charge in [-0.2, -0.15) is 26.3 Å². The minimum Gasteiger partial charge on any atom is -0.449 e. The van der Waals surface area contributed by atoms with Crippen molar-refractivity contribution in [3.63, 3.8) is 0 Å². The van der Waals surface area contributed by atoms with Gasteiger partial charge in [-0.25, -0.2) is 23.5 Å². The van der Waals surface area contributed by atoms with E-state index in [1.165, 1.54) is 17.8 Å². The molecule has 38 heavy (non-hydrogen) atoms. The Morgan fingerprint density at radius 1 is 1.11 bits per heavy atom. The number of hydrogen-bond acceptors (Lipinski definition) is 9. The van der Waals surface area contributed by atoms with Crippen LogP contribution >= 0.6 is 7.75 Å². The third kappa shape index (κ3) is 6.50. The van der Waals surface area contributed by atoms with E-state index in [4.69, 9.17) is 9.26 Å². The van der Waals surface area contributed by atoms with Crippen LogP contribution in [0.2, 0.25) is 0 Å². The topological polar surface area (TPSA) is 172 Å². The Bertz CT molecular complexity index is 1370. The van der Waals surface area contributed by atoms with Gasteiger partial charge in [-0.15, -0.1) is 4.34 Å². The zero-order chi connectivity index (χ0) is 28.6. The van der Waals surface area contributed by atoms with Gasteiger partial charge < -0.3 is 14.2 Å². The van der Waals surface area contributed by atoms with Crippen LogP contribution in [0.4, 0.5) is 26.3 Å². The molecule has 3 rings (SSSR count). The average Bonchev–Trinajstić information content (AvgIpc) is 3.36. The molecule has 0 aromatic carbocycles. The maximum Gasteiger partial charge on any atom is 0.525 e. The van der Waals surface area contributed by atoms with Gasteiger partial charge in [0.2, 0.25) is 0 Å². The molecule has 0 radical (unpaired) electrons. The van der Waals surface area contributed by atoms with Gasteiger partial charge in [-0.3, -0.25) is 23.8 Å². The van der Waals surface area contributed by atoms with Gasteiger partial charge in [-0.05, 0) is 0 Å². The third-order valence-electron chi connectivity index (χ3n) is 4.81. The fourth-order valence-corrected chi connectivity index (χ4v) is 4.16. The molecule has 2 aromatic heterocycles. The van der Waals surface area contributed by atoms with Crippen LogP contribution in [0, 0.1) is 0 Å². The molecule has 2 N–H and O–H groups in total. The quantitative estimate of drug-likeness (QED) is 0.191. The Labute approximate surface area is 205 Å². The summed E-state index contributed by atoms with van der Waals surface area (Å²) in [5.41, 5.74) is -2.36. The lowest BCUT2D eigenvalue weighted by molar-refractivity contribution is -0.670. The maximum atomic E-state index is 12.9. The Balaban J connectivity index is 2.02. The van der Waals surface area contributed by atoms with E-state index in [1.807, 2.05) is 0 Å². The fraction of sp³-hybridized carbons (Fsp3) is 0.471. The number of halogens is 6. The summed E-state index contributed by atoms with van der Waals surface area (Å²) in [6.45, 7) is -1.22. The first kappa shape index (κ1) is 29.1. The van der Waals surface area contributed by atoms with Crippen molar-refractivity contribution in [2.75, 3.05) is 6.61 Å². The summed E-state index contributed by atoms with van der Waals surface area (Å²) in [6.07, 6.45) is -16.8. The molecule has 1 saturated heterocycles. The second kappa shape index (κ2) is 10.4. The van der Waals surface area contributed by atoms with Crippen LogP contribution in [-0.4, -0.2) is 68.0 Å². The van der Waals surface area contributed by atoms with Gasteiger partial charge in [0.15, 0.2) is 18.4 Å². The lowest BCUT2D eigenvalue weighted by Crippen LogP contribution is -2.46. The molecule has 5 atom stereocenters. The highest BCUT2D eigenvalue weighted by Crippen LogP contribution is 2.45. The molecule has 21 heteroatoms. The number of H-pyrrole nitrogens is 1. The number of rotatable bonds is 7. The molecule has 2 unspecified atom stereocenters. The average molecular weight is 581 g/mol. The van der Waals surface area contributed by atoms with Crippen molar-refractivity contribution >= 4 is 19.7 Å². The van der Waals surface area contributed by atoms with Crippen molar-refractivity contribution in [3.05, 3.63) is 51.8 Å². The minimum absolute atomic E-state index is 0.328. The number of carbonyl (C=O) groups excluding carboxylic acids is 2. The van der Waals surface area contributed by atoms with Crippen LogP contribution in [0.25, 0.3) is 0 Å². The second-order valence-electron chi connectivity index (χ2n) is 7.56. The first-order valence-electron chi connectivity index (χ1n) is 9.94. The molecule has 0 saturated carbocycles. The SMILES string of the molecule is C[n+]1ccn(P(=O)(O)OC[C@H]2O[C@@H](n3ccc(=O)[nH]c3=O)C(OC(=O)C(F)(F)F)[C@H]2OC(=O)C(F)(F)F)c1. The largest absolute Gasteiger partial charge is 0.525 e. The number of alkyl halides is 6. The van der Waals surface area contributed by atoms with E-state index < -0.39 is 74.4 Å². The molecule has 0 bridgehead atoms. The van der Waals surface area contributed by atoms with Crippen molar-refractivity contribution < 1.29 is 68.7 Å². The summed E-state index contributed by atoms with van der Waals surface area (Å²) in [6, 6.07) is 0.669. The van der Waals surface area contributed by atoms with E-state index in [9.17, 15) is 55.0 Å². The number of nitrogens with zero attached hydrogens (tertiary/aromatic N) is 3. The number of esters is 2. The van der Waals surface area contributed by atoms with Gasteiger partial charge >= 0.3 is 37.7 Å². The number of nitrogens with one attached hydrogen (secondary N) is 1. The summed E-state index contributed by atoms with van der Waals surface area (Å²) in [5, 5.41) is 0. The molecule has 1 aliphatic heterocycles. The number of ether oxygens (including phenoxy) is 3.